The minimum atomic E-state index is -0.877. The van der Waals surface area contributed by atoms with Gasteiger partial charge in [0.25, 0.3) is 0 Å². The van der Waals surface area contributed by atoms with Crippen LogP contribution in [0.25, 0.3) is 16.7 Å². The van der Waals surface area contributed by atoms with Crippen molar-refractivity contribution in [2.75, 3.05) is 6.61 Å². The molecular formula is C16H11FO2. The van der Waals surface area contributed by atoms with Gasteiger partial charge in [-0.2, -0.15) is 4.39 Å². The van der Waals surface area contributed by atoms with Crippen LogP contribution in [0, 0.1) is 0 Å². The van der Waals surface area contributed by atoms with E-state index in [4.69, 9.17) is 4.74 Å². The molecule has 0 radical (unpaired) electrons. The molecule has 0 saturated carbocycles. The van der Waals surface area contributed by atoms with Crippen LogP contribution in [0.15, 0.2) is 60.4 Å². The summed E-state index contributed by atoms with van der Waals surface area (Å²) in [6, 6.07) is 17.1. The molecule has 0 aliphatic carbocycles. The van der Waals surface area contributed by atoms with Gasteiger partial charge in [0, 0.05) is 5.57 Å². The molecule has 0 amide bonds. The van der Waals surface area contributed by atoms with E-state index in [-0.39, 0.29) is 6.61 Å². The van der Waals surface area contributed by atoms with E-state index < -0.39 is 11.8 Å². The Bertz CT molecular complexity index is 659. The minimum absolute atomic E-state index is 0.00544. The second kappa shape index (κ2) is 4.69. The van der Waals surface area contributed by atoms with Crippen molar-refractivity contribution in [1.29, 1.82) is 0 Å². The summed E-state index contributed by atoms with van der Waals surface area (Å²) < 4.78 is 18.5. The molecule has 3 heteroatoms. The summed E-state index contributed by atoms with van der Waals surface area (Å²) in [5.74, 6) is -1.67. The third-order valence-electron chi connectivity index (χ3n) is 3.13. The molecule has 1 heterocycles. The Balaban J connectivity index is 2.17. The Morgan fingerprint density at radius 1 is 0.895 bits per heavy atom. The average Bonchev–Trinajstić information content (AvgIpc) is 2.80. The first-order valence-corrected chi connectivity index (χ1v) is 5.98. The number of benzene rings is 2. The normalized spacial score (nSPS) is 14.7. The zero-order valence-electron chi connectivity index (χ0n) is 10.1. The van der Waals surface area contributed by atoms with E-state index in [1.165, 1.54) is 0 Å². The molecule has 0 N–H and O–H groups in total. The number of hydrogen-bond donors (Lipinski definition) is 0. The fraction of sp³-hybridized carbons (Fsp3) is 0.0625. The van der Waals surface area contributed by atoms with Crippen LogP contribution in [0.5, 0.6) is 0 Å². The molecule has 0 saturated heterocycles. The maximum absolute atomic E-state index is 13.8. The van der Waals surface area contributed by atoms with E-state index in [0.29, 0.717) is 11.1 Å². The Morgan fingerprint density at radius 2 is 1.53 bits per heavy atom. The summed E-state index contributed by atoms with van der Waals surface area (Å²) in [4.78, 5) is 11.2. The zero-order chi connectivity index (χ0) is 13.2. The van der Waals surface area contributed by atoms with Crippen LogP contribution >= 0.6 is 0 Å². The molecule has 2 aromatic rings. The van der Waals surface area contributed by atoms with Gasteiger partial charge in [0.05, 0.1) is 0 Å². The molecule has 0 atom stereocenters. The van der Waals surface area contributed by atoms with Crippen molar-refractivity contribution >= 4 is 11.5 Å². The second-order valence-electron chi connectivity index (χ2n) is 4.28. The largest absolute Gasteiger partial charge is 0.455 e. The number of ether oxygens (including phenoxy) is 1. The van der Waals surface area contributed by atoms with Gasteiger partial charge in [-0.3, -0.25) is 0 Å². The molecule has 1 aliphatic rings. The zero-order valence-corrected chi connectivity index (χ0v) is 10.1. The van der Waals surface area contributed by atoms with Gasteiger partial charge in [0.1, 0.15) is 6.61 Å². The predicted octanol–water partition coefficient (Wildman–Crippen LogP) is 3.59. The van der Waals surface area contributed by atoms with Gasteiger partial charge in [-0.1, -0.05) is 54.6 Å². The Morgan fingerprint density at radius 3 is 2.16 bits per heavy atom. The molecule has 1 aliphatic heterocycles. The number of hydrogen-bond acceptors (Lipinski definition) is 2. The van der Waals surface area contributed by atoms with Crippen molar-refractivity contribution in [3.8, 4) is 11.1 Å². The molecule has 0 fully saturated rings. The lowest BCUT2D eigenvalue weighted by molar-refractivity contribution is -0.137. The molecule has 3 rings (SSSR count). The molecule has 2 nitrogen and oxygen atoms in total. The molecule has 0 spiro atoms. The van der Waals surface area contributed by atoms with Gasteiger partial charge in [0.2, 0.25) is 5.83 Å². The van der Waals surface area contributed by atoms with Crippen LogP contribution in [0.4, 0.5) is 4.39 Å². The first kappa shape index (κ1) is 11.7. The van der Waals surface area contributed by atoms with Crippen LogP contribution in [0.2, 0.25) is 0 Å². The number of halogens is 1. The summed E-state index contributed by atoms with van der Waals surface area (Å²) in [6.07, 6.45) is 0. The number of carbonyl (C=O) groups excluding carboxylic acids is 1. The van der Waals surface area contributed by atoms with Crippen LogP contribution in [0.3, 0.4) is 0 Å². The fourth-order valence-electron chi connectivity index (χ4n) is 2.20. The monoisotopic (exact) mass is 254 g/mol. The third kappa shape index (κ3) is 2.03. The Kier molecular flexibility index (Phi) is 2.88. The second-order valence-corrected chi connectivity index (χ2v) is 4.28. The number of rotatable bonds is 2. The molecule has 19 heavy (non-hydrogen) atoms. The van der Waals surface area contributed by atoms with E-state index >= 15 is 0 Å². The molecule has 2 aromatic carbocycles. The predicted molar refractivity (Wildman–Crippen MR) is 70.9 cm³/mol. The summed E-state index contributed by atoms with van der Waals surface area (Å²) >= 11 is 0. The standard InChI is InChI=1S/C16H11FO2/c17-15-14(10-19-16(15)18)13-9-5-4-8-12(13)11-6-2-1-3-7-11/h1-9H,10H2. The van der Waals surface area contributed by atoms with E-state index in [1.807, 2.05) is 48.5 Å². The van der Waals surface area contributed by atoms with Gasteiger partial charge >= 0.3 is 5.97 Å². The summed E-state index contributed by atoms with van der Waals surface area (Å²) in [5, 5.41) is 0. The smallest absolute Gasteiger partial charge is 0.367 e. The average molecular weight is 254 g/mol. The van der Waals surface area contributed by atoms with E-state index in [0.717, 1.165) is 11.1 Å². The maximum Gasteiger partial charge on any atom is 0.367 e. The molecule has 0 unspecified atom stereocenters. The summed E-state index contributed by atoms with van der Waals surface area (Å²) in [7, 11) is 0. The molecule has 0 aromatic heterocycles. The van der Waals surface area contributed by atoms with Crippen LogP contribution < -0.4 is 0 Å². The van der Waals surface area contributed by atoms with Crippen LogP contribution in [0.1, 0.15) is 5.56 Å². The topological polar surface area (TPSA) is 26.3 Å². The van der Waals surface area contributed by atoms with Crippen molar-refractivity contribution < 1.29 is 13.9 Å². The first-order valence-electron chi connectivity index (χ1n) is 5.98. The lowest BCUT2D eigenvalue weighted by atomic mass is 9.95. The Labute approximate surface area is 110 Å². The number of cyclic esters (lactones) is 1. The first-order chi connectivity index (χ1) is 9.27. The Hall–Kier alpha value is -2.42. The van der Waals surface area contributed by atoms with Crippen LogP contribution in [-0.2, 0) is 9.53 Å². The van der Waals surface area contributed by atoms with E-state index in [2.05, 4.69) is 0 Å². The van der Waals surface area contributed by atoms with E-state index in [9.17, 15) is 9.18 Å². The van der Waals surface area contributed by atoms with Gasteiger partial charge < -0.3 is 4.74 Å². The maximum atomic E-state index is 13.8. The van der Waals surface area contributed by atoms with Crippen molar-refractivity contribution in [3.05, 3.63) is 66.0 Å². The molecule has 94 valence electrons. The SMILES string of the molecule is O=C1OCC(c2ccccc2-c2ccccc2)=C1F. The summed E-state index contributed by atoms with van der Waals surface area (Å²) in [6.45, 7) is -0.00544. The van der Waals surface area contributed by atoms with Crippen molar-refractivity contribution in [1.82, 2.24) is 0 Å². The highest BCUT2D eigenvalue weighted by Crippen LogP contribution is 2.33. The summed E-state index contributed by atoms with van der Waals surface area (Å²) in [5.41, 5.74) is 2.91. The number of esters is 1. The van der Waals surface area contributed by atoms with Gasteiger partial charge in [-0.25, -0.2) is 4.79 Å². The van der Waals surface area contributed by atoms with Crippen molar-refractivity contribution in [2.45, 2.75) is 0 Å². The molecule has 0 bridgehead atoms. The van der Waals surface area contributed by atoms with Gasteiger partial charge in [-0.15, -0.1) is 0 Å². The quantitative estimate of drug-likeness (QED) is 0.765. The highest BCUT2D eigenvalue weighted by molar-refractivity contribution is 6.01. The van der Waals surface area contributed by atoms with Crippen molar-refractivity contribution in [2.24, 2.45) is 0 Å². The third-order valence-corrected chi connectivity index (χ3v) is 3.13. The number of carbonyl (C=O) groups is 1. The lowest BCUT2D eigenvalue weighted by Gasteiger charge is -2.09. The van der Waals surface area contributed by atoms with Gasteiger partial charge in [0.15, 0.2) is 0 Å². The van der Waals surface area contributed by atoms with E-state index in [1.54, 1.807) is 6.07 Å². The van der Waals surface area contributed by atoms with Crippen molar-refractivity contribution in [3.63, 3.8) is 0 Å². The highest BCUT2D eigenvalue weighted by atomic mass is 19.1. The highest BCUT2D eigenvalue weighted by Gasteiger charge is 2.27. The minimum Gasteiger partial charge on any atom is -0.455 e. The molecular weight excluding hydrogens is 243 g/mol. The van der Waals surface area contributed by atoms with Gasteiger partial charge in [-0.05, 0) is 16.7 Å². The fourth-order valence-corrected chi connectivity index (χ4v) is 2.20. The van der Waals surface area contributed by atoms with Crippen LogP contribution in [-0.4, -0.2) is 12.6 Å². The lowest BCUT2D eigenvalue weighted by Crippen LogP contribution is -1.94.